The van der Waals surface area contributed by atoms with E-state index in [0.29, 0.717) is 22.7 Å². The predicted molar refractivity (Wildman–Crippen MR) is 82.7 cm³/mol. The lowest BCUT2D eigenvalue weighted by Crippen LogP contribution is -2.14. The second kappa shape index (κ2) is 6.72. The molecule has 7 heteroatoms. The Morgan fingerprint density at radius 2 is 2.24 bits per heavy atom. The van der Waals surface area contributed by atoms with Crippen molar-refractivity contribution in [2.75, 3.05) is 11.3 Å². The smallest absolute Gasteiger partial charge is 0.263 e. The lowest BCUT2D eigenvalue weighted by Gasteiger charge is -2.08. The number of aryl methyl sites for hydroxylation is 1. The van der Waals surface area contributed by atoms with Gasteiger partial charge in [0.05, 0.1) is 11.5 Å². The zero-order valence-corrected chi connectivity index (χ0v) is 13.0. The number of aliphatic hydroxyl groups is 1. The van der Waals surface area contributed by atoms with Crippen LogP contribution in [0, 0.1) is 18.8 Å². The summed E-state index contributed by atoms with van der Waals surface area (Å²) in [6, 6.07) is 4.98. The van der Waals surface area contributed by atoms with Crippen LogP contribution < -0.4 is 4.72 Å². The number of rotatable bonds is 4. The average molecular weight is 322 g/mol. The third-order valence-corrected chi connectivity index (χ3v) is 4.90. The number of hydrogen-bond donors (Lipinski definition) is 2. The Balaban J connectivity index is 2.34. The minimum atomic E-state index is -3.69. The van der Waals surface area contributed by atoms with E-state index in [4.69, 9.17) is 5.11 Å². The highest BCUT2D eigenvalue weighted by Gasteiger charge is 2.18. The molecule has 2 N–H and O–H groups in total. The number of sulfonamides is 1. The number of nitrogens with zero attached hydrogens (tertiary/aromatic N) is 1. The molecule has 5 nitrogen and oxygen atoms in total. The first-order valence-corrected chi connectivity index (χ1v) is 8.52. The largest absolute Gasteiger partial charge is 0.395 e. The summed E-state index contributed by atoms with van der Waals surface area (Å²) in [7, 11) is -3.69. The SMILES string of the molecule is Cc1ccc(C#CCCO)cc1S(=O)(=O)Nc1nccs1. The second-order valence-corrected chi connectivity index (χ2v) is 6.74. The topological polar surface area (TPSA) is 79.3 Å². The summed E-state index contributed by atoms with van der Waals surface area (Å²) < 4.78 is 27.2. The summed E-state index contributed by atoms with van der Waals surface area (Å²) in [5.41, 5.74) is 1.22. The van der Waals surface area contributed by atoms with Crippen LogP contribution in [0.15, 0.2) is 34.7 Å². The van der Waals surface area contributed by atoms with Crippen LogP contribution >= 0.6 is 11.3 Å². The number of thiazole rings is 1. The van der Waals surface area contributed by atoms with Crippen LogP contribution in [0.25, 0.3) is 0 Å². The molecule has 1 aromatic heterocycles. The molecular formula is C14H14N2O3S2. The summed E-state index contributed by atoms with van der Waals surface area (Å²) in [6.45, 7) is 1.71. The van der Waals surface area contributed by atoms with Gasteiger partial charge >= 0.3 is 0 Å². The Hall–Kier alpha value is -1.88. The van der Waals surface area contributed by atoms with Gasteiger partial charge in [-0.15, -0.1) is 11.3 Å². The molecule has 1 aromatic carbocycles. The summed E-state index contributed by atoms with van der Waals surface area (Å²) in [5.74, 6) is 5.60. The minimum absolute atomic E-state index is 0.0182. The van der Waals surface area contributed by atoms with Gasteiger partial charge in [-0.2, -0.15) is 0 Å². The third kappa shape index (κ3) is 4.04. The average Bonchev–Trinajstić information content (AvgIpc) is 2.93. The number of hydrogen-bond acceptors (Lipinski definition) is 5. The molecule has 0 bridgehead atoms. The van der Waals surface area contributed by atoms with Crippen molar-refractivity contribution in [2.45, 2.75) is 18.2 Å². The third-order valence-electron chi connectivity index (χ3n) is 2.60. The fraction of sp³-hybridized carbons (Fsp3) is 0.214. The summed E-state index contributed by atoms with van der Waals surface area (Å²) >= 11 is 1.21. The highest BCUT2D eigenvalue weighted by Crippen LogP contribution is 2.21. The van der Waals surface area contributed by atoms with Gasteiger partial charge in [-0.05, 0) is 24.6 Å². The first-order valence-electron chi connectivity index (χ1n) is 6.15. The van der Waals surface area contributed by atoms with Crippen molar-refractivity contribution in [3.63, 3.8) is 0 Å². The highest BCUT2D eigenvalue weighted by molar-refractivity contribution is 7.93. The summed E-state index contributed by atoms with van der Waals surface area (Å²) in [6.07, 6.45) is 1.89. The van der Waals surface area contributed by atoms with Gasteiger partial charge in [0.1, 0.15) is 0 Å². The normalized spacial score (nSPS) is 10.8. The van der Waals surface area contributed by atoms with Crippen LogP contribution in [-0.2, 0) is 10.0 Å². The van der Waals surface area contributed by atoms with E-state index in [1.54, 1.807) is 24.4 Å². The van der Waals surface area contributed by atoms with Gasteiger partial charge in [0.15, 0.2) is 5.13 Å². The zero-order valence-electron chi connectivity index (χ0n) is 11.3. The van der Waals surface area contributed by atoms with Crippen molar-refractivity contribution in [1.82, 2.24) is 4.98 Å². The molecule has 0 aliphatic rings. The molecule has 2 rings (SSSR count). The van der Waals surface area contributed by atoms with E-state index in [1.807, 2.05) is 0 Å². The quantitative estimate of drug-likeness (QED) is 0.844. The fourth-order valence-corrected chi connectivity index (χ4v) is 3.69. The molecule has 110 valence electrons. The van der Waals surface area contributed by atoms with Crippen molar-refractivity contribution in [2.24, 2.45) is 0 Å². The lowest BCUT2D eigenvalue weighted by molar-refractivity contribution is 0.305. The van der Waals surface area contributed by atoms with E-state index in [0.717, 1.165) is 0 Å². The van der Waals surface area contributed by atoms with E-state index in [1.165, 1.54) is 23.6 Å². The predicted octanol–water partition coefficient (Wildman–Crippen LogP) is 1.99. The van der Waals surface area contributed by atoms with Crippen molar-refractivity contribution >= 4 is 26.5 Å². The molecule has 0 aliphatic heterocycles. The van der Waals surface area contributed by atoms with Crippen LogP contribution in [0.4, 0.5) is 5.13 Å². The van der Waals surface area contributed by atoms with E-state index < -0.39 is 10.0 Å². The summed E-state index contributed by atoms with van der Waals surface area (Å²) in [4.78, 5) is 4.09. The zero-order chi connectivity index (χ0) is 15.3. The van der Waals surface area contributed by atoms with E-state index in [2.05, 4.69) is 21.5 Å². The van der Waals surface area contributed by atoms with Gasteiger partial charge in [-0.3, -0.25) is 4.72 Å². The number of aliphatic hydroxyl groups excluding tert-OH is 1. The van der Waals surface area contributed by atoms with Gasteiger partial charge in [0, 0.05) is 23.6 Å². The van der Waals surface area contributed by atoms with Gasteiger partial charge in [0.2, 0.25) is 0 Å². The van der Waals surface area contributed by atoms with Crippen molar-refractivity contribution in [3.05, 3.63) is 40.9 Å². The van der Waals surface area contributed by atoms with Crippen LogP contribution in [-0.4, -0.2) is 25.1 Å². The van der Waals surface area contributed by atoms with E-state index >= 15 is 0 Å². The van der Waals surface area contributed by atoms with Gasteiger partial charge in [-0.25, -0.2) is 13.4 Å². The van der Waals surface area contributed by atoms with Gasteiger partial charge in [0.25, 0.3) is 10.0 Å². The van der Waals surface area contributed by atoms with Crippen LogP contribution in [0.3, 0.4) is 0 Å². The Labute approximate surface area is 127 Å². The fourth-order valence-electron chi connectivity index (χ4n) is 1.63. The van der Waals surface area contributed by atoms with E-state index in [-0.39, 0.29) is 11.5 Å². The Kier molecular flexibility index (Phi) is 4.96. The number of benzene rings is 1. The Bertz CT molecular complexity index is 772. The van der Waals surface area contributed by atoms with Crippen LogP contribution in [0.2, 0.25) is 0 Å². The van der Waals surface area contributed by atoms with E-state index in [9.17, 15) is 8.42 Å². The Morgan fingerprint density at radius 1 is 1.43 bits per heavy atom. The maximum absolute atomic E-state index is 12.4. The maximum atomic E-state index is 12.4. The molecule has 1 heterocycles. The lowest BCUT2D eigenvalue weighted by atomic mass is 10.1. The Morgan fingerprint density at radius 3 is 2.90 bits per heavy atom. The first kappa shape index (κ1) is 15.5. The molecule has 2 aromatic rings. The number of aromatic nitrogens is 1. The molecule has 21 heavy (non-hydrogen) atoms. The molecule has 0 unspecified atom stereocenters. The summed E-state index contributed by atoms with van der Waals surface area (Å²) in [5, 5.41) is 10.7. The first-order chi connectivity index (χ1) is 10.0. The van der Waals surface area contributed by atoms with Crippen molar-refractivity contribution < 1.29 is 13.5 Å². The molecule has 0 spiro atoms. The highest BCUT2D eigenvalue weighted by atomic mass is 32.2. The molecule has 0 radical (unpaired) electrons. The van der Waals surface area contributed by atoms with Crippen molar-refractivity contribution in [3.8, 4) is 11.8 Å². The maximum Gasteiger partial charge on any atom is 0.263 e. The van der Waals surface area contributed by atoms with Crippen LogP contribution in [0.5, 0.6) is 0 Å². The van der Waals surface area contributed by atoms with Crippen molar-refractivity contribution in [1.29, 1.82) is 0 Å². The minimum Gasteiger partial charge on any atom is -0.395 e. The molecule has 0 amide bonds. The molecule has 0 fully saturated rings. The molecule has 0 saturated heterocycles. The molecule has 0 saturated carbocycles. The monoisotopic (exact) mass is 322 g/mol. The number of anilines is 1. The molecule has 0 atom stereocenters. The van der Waals surface area contributed by atoms with Gasteiger partial charge in [-0.1, -0.05) is 17.9 Å². The molecular weight excluding hydrogens is 308 g/mol. The molecule has 0 aliphatic carbocycles. The number of nitrogens with one attached hydrogen (secondary N) is 1. The van der Waals surface area contributed by atoms with Crippen LogP contribution in [0.1, 0.15) is 17.5 Å². The standard InChI is InChI=1S/C14H14N2O3S2/c1-11-5-6-12(4-2-3-8-17)10-13(11)21(18,19)16-14-15-7-9-20-14/h5-7,9-10,17H,3,8H2,1H3,(H,15,16). The second-order valence-electron chi connectivity index (χ2n) is 4.20. The van der Waals surface area contributed by atoms with Gasteiger partial charge < -0.3 is 5.11 Å².